The maximum atomic E-state index is 6.23. The quantitative estimate of drug-likeness (QED) is 0.382. The minimum Gasteiger partial charge on any atom is -0.378 e. The van der Waals surface area contributed by atoms with Crippen molar-refractivity contribution in [2.75, 3.05) is 33.0 Å². The van der Waals surface area contributed by atoms with Crippen LogP contribution in [0.25, 0.3) is 0 Å². The molecule has 5 nitrogen and oxygen atoms in total. The average molecular weight is 335 g/mol. The van der Waals surface area contributed by atoms with Gasteiger partial charge in [0.1, 0.15) is 5.73 Å². The van der Waals surface area contributed by atoms with Crippen LogP contribution >= 0.6 is 0 Å². The van der Waals surface area contributed by atoms with Crippen LogP contribution in [0.5, 0.6) is 0 Å². The summed E-state index contributed by atoms with van der Waals surface area (Å²) in [7, 11) is -2.89. The van der Waals surface area contributed by atoms with Gasteiger partial charge in [0.15, 0.2) is 0 Å². The molecule has 22 heavy (non-hydrogen) atoms. The largest absolute Gasteiger partial charge is 0.531 e. The van der Waals surface area contributed by atoms with Gasteiger partial charge in [-0.05, 0) is 33.6 Å². The maximum Gasteiger partial charge on any atom is 0.531 e. The highest BCUT2D eigenvalue weighted by atomic mass is 28.4. The van der Waals surface area contributed by atoms with Crippen LogP contribution < -0.4 is 0 Å². The second kappa shape index (κ2) is 10.7. The molecule has 3 unspecified atom stereocenters. The molecule has 0 amide bonds. The second-order valence-corrected chi connectivity index (χ2v) is 8.25. The first kappa shape index (κ1) is 20.1. The van der Waals surface area contributed by atoms with E-state index in [4.69, 9.17) is 22.8 Å². The van der Waals surface area contributed by atoms with Crippen LogP contribution in [0.4, 0.5) is 0 Å². The van der Waals surface area contributed by atoms with Gasteiger partial charge in [-0.25, -0.2) is 0 Å². The standard InChI is InChI=1S/C16H34O5Si/c1-6-10-12-18-16(14(5)15-11-13-17-15)22(19-7-2,20-8-3)21-9-4/h14-16H,6-13H2,1-5H3. The number of rotatable bonds is 13. The minimum atomic E-state index is -2.89. The fourth-order valence-corrected chi connectivity index (χ4v) is 5.90. The van der Waals surface area contributed by atoms with E-state index in [1.165, 1.54) is 0 Å². The molecule has 1 aliphatic rings. The van der Waals surface area contributed by atoms with E-state index in [1.807, 2.05) is 20.8 Å². The fourth-order valence-electron chi connectivity index (χ4n) is 2.77. The molecule has 1 aliphatic heterocycles. The molecule has 0 N–H and O–H groups in total. The van der Waals surface area contributed by atoms with E-state index >= 15 is 0 Å². The molecule has 132 valence electrons. The van der Waals surface area contributed by atoms with Gasteiger partial charge in [-0.1, -0.05) is 20.3 Å². The Hall–Kier alpha value is 0.0169. The van der Waals surface area contributed by atoms with Crippen LogP contribution in [0, 0.1) is 5.92 Å². The number of unbranched alkanes of at least 4 members (excludes halogenated alkanes) is 1. The Morgan fingerprint density at radius 3 is 1.95 bits per heavy atom. The summed E-state index contributed by atoms with van der Waals surface area (Å²) in [4.78, 5) is 0. The van der Waals surface area contributed by atoms with Gasteiger partial charge in [-0.2, -0.15) is 0 Å². The Morgan fingerprint density at radius 1 is 1.05 bits per heavy atom. The van der Waals surface area contributed by atoms with E-state index < -0.39 is 8.80 Å². The molecule has 0 bridgehead atoms. The molecule has 0 aromatic heterocycles. The lowest BCUT2D eigenvalue weighted by molar-refractivity contribution is -0.123. The van der Waals surface area contributed by atoms with Crippen molar-refractivity contribution in [3.8, 4) is 0 Å². The molecule has 6 heteroatoms. The topological polar surface area (TPSA) is 46.2 Å². The second-order valence-electron chi connectivity index (χ2n) is 5.60. The summed E-state index contributed by atoms with van der Waals surface area (Å²) in [5, 5.41) is 0. The molecule has 0 aromatic rings. The number of hydrogen-bond acceptors (Lipinski definition) is 5. The Bertz CT molecular complexity index is 269. The third kappa shape index (κ3) is 5.28. The van der Waals surface area contributed by atoms with Gasteiger partial charge >= 0.3 is 8.80 Å². The predicted octanol–water partition coefficient (Wildman–Crippen LogP) is 3.18. The summed E-state index contributed by atoms with van der Waals surface area (Å²) in [6.07, 6.45) is 3.43. The highest BCUT2D eigenvalue weighted by Crippen LogP contribution is 2.31. The summed E-state index contributed by atoms with van der Waals surface area (Å²) in [5.74, 6) is 0.210. The highest BCUT2D eigenvalue weighted by molar-refractivity contribution is 6.62. The van der Waals surface area contributed by atoms with E-state index in [2.05, 4.69) is 13.8 Å². The van der Waals surface area contributed by atoms with E-state index in [0.717, 1.165) is 25.9 Å². The van der Waals surface area contributed by atoms with Crippen LogP contribution in [0.1, 0.15) is 53.9 Å². The molecular weight excluding hydrogens is 300 g/mol. The zero-order valence-electron chi connectivity index (χ0n) is 14.9. The van der Waals surface area contributed by atoms with E-state index in [0.29, 0.717) is 26.4 Å². The first-order valence-corrected chi connectivity index (χ1v) is 10.6. The van der Waals surface area contributed by atoms with Crippen molar-refractivity contribution in [1.82, 2.24) is 0 Å². The molecule has 1 rings (SSSR count). The molecule has 0 spiro atoms. The van der Waals surface area contributed by atoms with Crippen LogP contribution in [-0.2, 0) is 22.8 Å². The molecular formula is C16H34O5Si. The molecule has 0 aliphatic carbocycles. The van der Waals surface area contributed by atoms with Crippen molar-refractivity contribution < 1.29 is 22.8 Å². The third-order valence-corrected chi connectivity index (χ3v) is 7.44. The number of ether oxygens (including phenoxy) is 2. The van der Waals surface area contributed by atoms with Gasteiger partial charge in [-0.3, -0.25) is 0 Å². The van der Waals surface area contributed by atoms with E-state index in [1.54, 1.807) is 0 Å². The summed E-state index contributed by atoms with van der Waals surface area (Å²) in [6, 6.07) is 0. The summed E-state index contributed by atoms with van der Waals surface area (Å²) < 4.78 is 30.1. The molecule has 1 heterocycles. The lowest BCUT2D eigenvalue weighted by Gasteiger charge is -2.42. The Balaban J connectivity index is 2.92. The average Bonchev–Trinajstić information content (AvgIpc) is 2.42. The molecule has 1 fully saturated rings. The van der Waals surface area contributed by atoms with Crippen LogP contribution in [0.3, 0.4) is 0 Å². The predicted molar refractivity (Wildman–Crippen MR) is 88.8 cm³/mol. The van der Waals surface area contributed by atoms with Crippen molar-refractivity contribution in [3.63, 3.8) is 0 Å². The van der Waals surface area contributed by atoms with Gasteiger partial charge in [-0.15, -0.1) is 0 Å². The van der Waals surface area contributed by atoms with Crippen molar-refractivity contribution in [2.24, 2.45) is 5.92 Å². The molecule has 3 atom stereocenters. The Kier molecular flexibility index (Phi) is 9.78. The first-order valence-electron chi connectivity index (χ1n) is 8.80. The SMILES string of the molecule is CCCCOC(C(C)C1CCO1)[Si](OCC)(OCC)OCC. The van der Waals surface area contributed by atoms with E-state index in [-0.39, 0.29) is 17.7 Å². The summed E-state index contributed by atoms with van der Waals surface area (Å²) in [6.45, 7) is 13.5. The van der Waals surface area contributed by atoms with Crippen molar-refractivity contribution in [3.05, 3.63) is 0 Å². The summed E-state index contributed by atoms with van der Waals surface area (Å²) in [5.41, 5.74) is -0.163. The lowest BCUT2D eigenvalue weighted by Crippen LogP contribution is -2.62. The normalized spacial score (nSPS) is 21.4. The smallest absolute Gasteiger partial charge is 0.378 e. The first-order chi connectivity index (χ1) is 10.6. The summed E-state index contributed by atoms with van der Waals surface area (Å²) >= 11 is 0. The fraction of sp³-hybridized carbons (Fsp3) is 1.00. The van der Waals surface area contributed by atoms with Gasteiger partial charge < -0.3 is 22.8 Å². The molecule has 0 saturated carbocycles. The van der Waals surface area contributed by atoms with Crippen molar-refractivity contribution in [1.29, 1.82) is 0 Å². The molecule has 0 radical (unpaired) electrons. The maximum absolute atomic E-state index is 6.23. The van der Waals surface area contributed by atoms with Crippen LogP contribution in [0.15, 0.2) is 0 Å². The Labute approximate surface area is 137 Å². The number of hydrogen-bond donors (Lipinski definition) is 0. The van der Waals surface area contributed by atoms with Gasteiger partial charge in [0.2, 0.25) is 0 Å². The van der Waals surface area contributed by atoms with Crippen LogP contribution in [-0.4, -0.2) is 53.7 Å². The van der Waals surface area contributed by atoms with Gasteiger partial charge in [0, 0.05) is 39.0 Å². The van der Waals surface area contributed by atoms with Gasteiger partial charge in [0.05, 0.1) is 6.10 Å². The molecule has 1 saturated heterocycles. The van der Waals surface area contributed by atoms with Crippen molar-refractivity contribution >= 4 is 8.80 Å². The molecule has 0 aromatic carbocycles. The zero-order valence-corrected chi connectivity index (χ0v) is 15.9. The van der Waals surface area contributed by atoms with Gasteiger partial charge in [0.25, 0.3) is 0 Å². The third-order valence-electron chi connectivity index (χ3n) is 3.98. The van der Waals surface area contributed by atoms with Crippen molar-refractivity contribution in [2.45, 2.75) is 65.7 Å². The zero-order chi connectivity index (χ0) is 16.4. The monoisotopic (exact) mass is 334 g/mol. The van der Waals surface area contributed by atoms with E-state index in [9.17, 15) is 0 Å². The Morgan fingerprint density at radius 2 is 1.59 bits per heavy atom. The minimum absolute atomic E-state index is 0.163. The highest BCUT2D eigenvalue weighted by Gasteiger charge is 2.55. The van der Waals surface area contributed by atoms with Crippen LogP contribution in [0.2, 0.25) is 0 Å². The lowest BCUT2D eigenvalue weighted by atomic mass is 9.99.